The average Bonchev–Trinajstić information content (AvgIpc) is 3.05. The van der Waals surface area contributed by atoms with Crippen molar-refractivity contribution < 1.29 is 18.3 Å². The van der Waals surface area contributed by atoms with Crippen molar-refractivity contribution in [3.05, 3.63) is 17.0 Å². The minimum absolute atomic E-state index is 0.138. The van der Waals surface area contributed by atoms with Gasteiger partial charge in [0.15, 0.2) is 0 Å². The number of thiophene rings is 1. The van der Waals surface area contributed by atoms with Crippen LogP contribution in [0.15, 0.2) is 15.7 Å². The Morgan fingerprint density at radius 2 is 2.37 bits per heavy atom. The van der Waals surface area contributed by atoms with Crippen molar-refractivity contribution >= 4 is 21.4 Å². The monoisotopic (exact) mass is 305 g/mol. The zero-order valence-corrected chi connectivity index (χ0v) is 12.5. The molecular weight excluding hydrogens is 286 g/mol. The third-order valence-electron chi connectivity index (χ3n) is 3.36. The predicted octanol–water partition coefficient (Wildman–Crippen LogP) is 1.33. The summed E-state index contributed by atoms with van der Waals surface area (Å²) < 4.78 is 32.6. The third-order valence-corrected chi connectivity index (χ3v) is 6.27. The SMILES string of the molecule is CCC1OCCC1CNS(=O)(=O)c1cc(CO)cs1. The first-order valence-electron chi connectivity index (χ1n) is 6.36. The highest BCUT2D eigenvalue weighted by Crippen LogP contribution is 2.24. The first-order chi connectivity index (χ1) is 9.06. The normalized spacial score (nSPS) is 23.9. The molecule has 108 valence electrons. The standard InChI is InChI=1S/C12H19NO4S2/c1-2-11-10(3-4-17-11)6-13-19(15,16)12-5-9(7-14)8-18-12/h5,8,10-11,13-14H,2-4,6-7H2,1H3. The molecule has 0 bridgehead atoms. The molecule has 0 saturated carbocycles. The van der Waals surface area contributed by atoms with Crippen LogP contribution < -0.4 is 4.72 Å². The quantitative estimate of drug-likeness (QED) is 0.831. The molecular formula is C12H19NO4S2. The number of ether oxygens (including phenoxy) is 1. The number of sulfonamides is 1. The molecule has 1 aliphatic heterocycles. The van der Waals surface area contributed by atoms with Crippen molar-refractivity contribution in [2.75, 3.05) is 13.2 Å². The highest BCUT2D eigenvalue weighted by molar-refractivity contribution is 7.91. The third kappa shape index (κ3) is 3.55. The molecule has 2 N–H and O–H groups in total. The summed E-state index contributed by atoms with van der Waals surface area (Å²) in [6.45, 7) is 3.02. The smallest absolute Gasteiger partial charge is 0.250 e. The highest BCUT2D eigenvalue weighted by Gasteiger charge is 2.28. The first kappa shape index (κ1) is 14.9. The first-order valence-corrected chi connectivity index (χ1v) is 8.72. The van der Waals surface area contributed by atoms with E-state index in [2.05, 4.69) is 4.72 Å². The maximum absolute atomic E-state index is 12.1. The minimum Gasteiger partial charge on any atom is -0.392 e. The molecule has 2 unspecified atom stereocenters. The van der Waals surface area contributed by atoms with Crippen LogP contribution in [0.5, 0.6) is 0 Å². The molecule has 0 radical (unpaired) electrons. The number of hydrogen-bond acceptors (Lipinski definition) is 5. The predicted molar refractivity (Wildman–Crippen MR) is 73.6 cm³/mol. The van der Waals surface area contributed by atoms with Gasteiger partial charge in [-0.25, -0.2) is 13.1 Å². The van der Waals surface area contributed by atoms with E-state index in [9.17, 15) is 8.42 Å². The van der Waals surface area contributed by atoms with Crippen molar-refractivity contribution in [2.24, 2.45) is 5.92 Å². The van der Waals surface area contributed by atoms with E-state index in [-0.39, 0.29) is 22.8 Å². The maximum atomic E-state index is 12.1. The summed E-state index contributed by atoms with van der Waals surface area (Å²) >= 11 is 1.13. The lowest BCUT2D eigenvalue weighted by Gasteiger charge is -2.16. The van der Waals surface area contributed by atoms with Crippen LogP contribution in [-0.4, -0.2) is 32.8 Å². The molecule has 1 fully saturated rings. The fourth-order valence-corrected chi connectivity index (χ4v) is 4.58. The summed E-state index contributed by atoms with van der Waals surface area (Å²) in [6, 6.07) is 1.51. The largest absolute Gasteiger partial charge is 0.392 e. The van der Waals surface area contributed by atoms with Crippen LogP contribution in [0.3, 0.4) is 0 Å². The van der Waals surface area contributed by atoms with E-state index >= 15 is 0 Å². The zero-order chi connectivity index (χ0) is 13.9. The molecule has 5 nitrogen and oxygen atoms in total. The Kier molecular flexibility index (Phi) is 4.97. The summed E-state index contributed by atoms with van der Waals surface area (Å²) in [6.07, 6.45) is 1.95. The molecule has 0 aliphatic carbocycles. The number of rotatable bonds is 6. The van der Waals surface area contributed by atoms with Crippen LogP contribution in [0, 0.1) is 5.92 Å². The molecule has 2 rings (SSSR count). The van der Waals surface area contributed by atoms with E-state index in [1.807, 2.05) is 6.92 Å². The van der Waals surface area contributed by atoms with Gasteiger partial charge in [0, 0.05) is 19.1 Å². The van der Waals surface area contributed by atoms with E-state index in [0.717, 1.165) is 24.2 Å². The van der Waals surface area contributed by atoms with Gasteiger partial charge in [-0.3, -0.25) is 0 Å². The average molecular weight is 305 g/mol. The number of nitrogens with one attached hydrogen (secondary N) is 1. The lowest BCUT2D eigenvalue weighted by molar-refractivity contribution is 0.0884. The van der Waals surface area contributed by atoms with Gasteiger partial charge in [0.2, 0.25) is 10.0 Å². The Morgan fingerprint density at radius 1 is 1.58 bits per heavy atom. The Labute approximate surface area is 117 Å². The molecule has 1 aromatic rings. The number of aliphatic hydroxyl groups excluding tert-OH is 1. The second-order valence-electron chi connectivity index (χ2n) is 4.65. The molecule has 19 heavy (non-hydrogen) atoms. The fourth-order valence-electron chi connectivity index (χ4n) is 2.24. The Hall–Kier alpha value is -0.470. The van der Waals surface area contributed by atoms with E-state index in [1.54, 1.807) is 5.38 Å². The van der Waals surface area contributed by atoms with Crippen LogP contribution in [0.1, 0.15) is 25.3 Å². The van der Waals surface area contributed by atoms with Gasteiger partial charge in [0.05, 0.1) is 12.7 Å². The Balaban J connectivity index is 1.97. The molecule has 0 amide bonds. The lowest BCUT2D eigenvalue weighted by Crippen LogP contribution is -2.32. The molecule has 7 heteroatoms. The van der Waals surface area contributed by atoms with Crippen molar-refractivity contribution in [3.63, 3.8) is 0 Å². The van der Waals surface area contributed by atoms with Gasteiger partial charge in [-0.15, -0.1) is 11.3 Å². The van der Waals surface area contributed by atoms with Crippen molar-refractivity contribution in [3.8, 4) is 0 Å². The molecule has 1 aliphatic rings. The van der Waals surface area contributed by atoms with Crippen molar-refractivity contribution in [2.45, 2.75) is 36.7 Å². The summed E-state index contributed by atoms with van der Waals surface area (Å²) in [5.74, 6) is 0.247. The second kappa shape index (κ2) is 6.32. The van der Waals surface area contributed by atoms with Crippen LogP contribution in [-0.2, 0) is 21.4 Å². The van der Waals surface area contributed by atoms with Crippen molar-refractivity contribution in [1.29, 1.82) is 0 Å². The summed E-state index contributed by atoms with van der Waals surface area (Å²) in [5, 5.41) is 10.6. The molecule has 2 atom stereocenters. The number of hydrogen-bond donors (Lipinski definition) is 2. The highest BCUT2D eigenvalue weighted by atomic mass is 32.2. The minimum atomic E-state index is -3.47. The summed E-state index contributed by atoms with van der Waals surface area (Å²) in [4.78, 5) is 0. The van der Waals surface area contributed by atoms with Gasteiger partial charge in [-0.1, -0.05) is 6.92 Å². The van der Waals surface area contributed by atoms with Crippen LogP contribution in [0.25, 0.3) is 0 Å². The lowest BCUT2D eigenvalue weighted by atomic mass is 10.0. The molecule has 1 aromatic heterocycles. The van der Waals surface area contributed by atoms with Gasteiger partial charge in [-0.2, -0.15) is 0 Å². The van der Waals surface area contributed by atoms with Crippen LogP contribution >= 0.6 is 11.3 Å². The molecule has 1 saturated heterocycles. The van der Waals surface area contributed by atoms with Gasteiger partial charge in [0.25, 0.3) is 0 Å². The summed E-state index contributed by atoms with van der Waals surface area (Å²) in [7, 11) is -3.47. The van der Waals surface area contributed by atoms with Gasteiger partial charge in [-0.05, 0) is 29.9 Å². The van der Waals surface area contributed by atoms with Gasteiger partial charge in [0.1, 0.15) is 4.21 Å². The van der Waals surface area contributed by atoms with E-state index in [4.69, 9.17) is 9.84 Å². The Bertz CT molecular complexity index is 512. The Morgan fingerprint density at radius 3 is 3.00 bits per heavy atom. The van der Waals surface area contributed by atoms with Crippen LogP contribution in [0.2, 0.25) is 0 Å². The van der Waals surface area contributed by atoms with Gasteiger partial charge >= 0.3 is 0 Å². The fraction of sp³-hybridized carbons (Fsp3) is 0.667. The van der Waals surface area contributed by atoms with Crippen molar-refractivity contribution in [1.82, 2.24) is 4.72 Å². The molecule has 2 heterocycles. The summed E-state index contributed by atoms with van der Waals surface area (Å²) in [5.41, 5.74) is 0.626. The number of aliphatic hydroxyl groups is 1. The van der Waals surface area contributed by atoms with Gasteiger partial charge < -0.3 is 9.84 Å². The molecule has 0 aromatic carbocycles. The zero-order valence-electron chi connectivity index (χ0n) is 10.8. The van der Waals surface area contributed by atoms with E-state index in [1.165, 1.54) is 6.07 Å². The maximum Gasteiger partial charge on any atom is 0.250 e. The second-order valence-corrected chi connectivity index (χ2v) is 7.56. The topological polar surface area (TPSA) is 75.6 Å². The molecule has 0 spiro atoms. The van der Waals surface area contributed by atoms with E-state index in [0.29, 0.717) is 18.7 Å². The van der Waals surface area contributed by atoms with Crippen LogP contribution in [0.4, 0.5) is 0 Å². The van der Waals surface area contributed by atoms with E-state index < -0.39 is 10.0 Å².